The summed E-state index contributed by atoms with van der Waals surface area (Å²) in [7, 11) is 0. The van der Waals surface area contributed by atoms with Crippen LogP contribution >= 0.6 is 0 Å². The van der Waals surface area contributed by atoms with E-state index in [0.29, 0.717) is 44.0 Å². The molecule has 2 aliphatic heterocycles. The Morgan fingerprint density at radius 2 is 1.67 bits per heavy atom. The molecule has 2 fully saturated rings. The maximum absolute atomic E-state index is 14.6. The van der Waals surface area contributed by atoms with E-state index in [9.17, 15) is 14.0 Å². The second-order valence-corrected chi connectivity index (χ2v) is 10.4. The number of nitrogens with two attached hydrogens (primary N) is 1. The molecule has 2 saturated heterocycles. The van der Waals surface area contributed by atoms with Crippen LogP contribution in [-0.2, 0) is 27.3 Å². The SMILES string of the molecule is CC(=O)OCCOc1cccc(F)c1CN1CCN(C(=O)C(N)C2CCN(CCc3ccccc3)CC2)CC1. The number of likely N-dealkylation sites (tertiary alicyclic amines) is 1. The fourth-order valence-electron chi connectivity index (χ4n) is 5.39. The maximum Gasteiger partial charge on any atom is 0.302 e. The zero-order valence-electron chi connectivity index (χ0n) is 22.9. The Kier molecular flexibility index (Phi) is 10.7. The number of amides is 1. The molecule has 1 amide bonds. The summed E-state index contributed by atoms with van der Waals surface area (Å²) in [5.74, 6) is -0.0470. The number of hydrogen-bond donors (Lipinski definition) is 1. The Labute approximate surface area is 230 Å². The van der Waals surface area contributed by atoms with Crippen LogP contribution < -0.4 is 10.5 Å². The molecule has 2 aliphatic rings. The fraction of sp³-hybridized carbons (Fsp3) is 0.533. The maximum atomic E-state index is 14.6. The highest BCUT2D eigenvalue weighted by Crippen LogP contribution is 2.25. The van der Waals surface area contributed by atoms with E-state index in [4.69, 9.17) is 15.2 Å². The molecular weight excluding hydrogens is 499 g/mol. The molecule has 0 radical (unpaired) electrons. The van der Waals surface area contributed by atoms with E-state index in [1.807, 2.05) is 11.0 Å². The summed E-state index contributed by atoms with van der Waals surface area (Å²) in [6.45, 7) is 7.37. The zero-order chi connectivity index (χ0) is 27.6. The number of nitrogens with zero attached hydrogens (tertiary/aromatic N) is 3. The summed E-state index contributed by atoms with van der Waals surface area (Å²) in [5.41, 5.74) is 8.31. The number of ether oxygens (including phenoxy) is 2. The van der Waals surface area contributed by atoms with E-state index in [1.165, 1.54) is 18.6 Å². The molecule has 0 aromatic heterocycles. The third-order valence-corrected chi connectivity index (χ3v) is 7.77. The van der Waals surface area contributed by atoms with Gasteiger partial charge in [-0.1, -0.05) is 36.4 Å². The number of hydrogen-bond acceptors (Lipinski definition) is 7. The lowest BCUT2D eigenvalue weighted by molar-refractivity contribution is -0.141. The van der Waals surface area contributed by atoms with E-state index in [0.717, 1.165) is 38.9 Å². The lowest BCUT2D eigenvalue weighted by atomic mass is 9.88. The van der Waals surface area contributed by atoms with Crippen molar-refractivity contribution in [3.63, 3.8) is 0 Å². The Hall–Kier alpha value is -3.01. The van der Waals surface area contributed by atoms with Crippen LogP contribution in [0.3, 0.4) is 0 Å². The van der Waals surface area contributed by atoms with Crippen molar-refractivity contribution in [1.82, 2.24) is 14.7 Å². The zero-order valence-corrected chi connectivity index (χ0v) is 22.9. The summed E-state index contributed by atoms with van der Waals surface area (Å²) in [6, 6.07) is 14.8. The lowest BCUT2D eigenvalue weighted by Gasteiger charge is -2.39. The molecule has 2 aromatic rings. The van der Waals surface area contributed by atoms with Gasteiger partial charge in [0.15, 0.2) is 0 Å². The highest BCUT2D eigenvalue weighted by molar-refractivity contribution is 5.82. The van der Waals surface area contributed by atoms with Gasteiger partial charge in [-0.15, -0.1) is 0 Å². The van der Waals surface area contributed by atoms with Gasteiger partial charge in [0.25, 0.3) is 0 Å². The third kappa shape index (κ3) is 8.49. The molecule has 39 heavy (non-hydrogen) atoms. The molecule has 0 aliphatic carbocycles. The van der Waals surface area contributed by atoms with Gasteiger partial charge in [-0.3, -0.25) is 14.5 Å². The van der Waals surface area contributed by atoms with Crippen LogP contribution in [0.5, 0.6) is 5.75 Å². The van der Waals surface area contributed by atoms with Gasteiger partial charge in [-0.05, 0) is 56.0 Å². The van der Waals surface area contributed by atoms with Gasteiger partial charge in [0.2, 0.25) is 5.91 Å². The summed E-state index contributed by atoms with van der Waals surface area (Å²) in [4.78, 5) is 30.6. The molecule has 1 atom stereocenters. The van der Waals surface area contributed by atoms with Crippen LogP contribution in [0.4, 0.5) is 4.39 Å². The molecule has 9 heteroatoms. The van der Waals surface area contributed by atoms with Crippen molar-refractivity contribution in [2.75, 3.05) is 59.0 Å². The molecule has 212 valence electrons. The van der Waals surface area contributed by atoms with E-state index in [1.54, 1.807) is 12.1 Å². The van der Waals surface area contributed by atoms with Crippen LogP contribution in [0.15, 0.2) is 48.5 Å². The highest BCUT2D eigenvalue weighted by atomic mass is 19.1. The minimum atomic E-state index is -0.475. The Bertz CT molecular complexity index is 1070. The molecule has 2 heterocycles. The molecule has 2 aromatic carbocycles. The predicted molar refractivity (Wildman–Crippen MR) is 148 cm³/mol. The van der Waals surface area contributed by atoms with Crippen molar-refractivity contribution in [1.29, 1.82) is 0 Å². The summed E-state index contributed by atoms with van der Waals surface area (Å²) < 4.78 is 25.2. The molecule has 0 spiro atoms. The number of esters is 1. The lowest BCUT2D eigenvalue weighted by Crippen LogP contribution is -2.55. The number of piperazine rings is 1. The molecule has 0 saturated carbocycles. The fourth-order valence-corrected chi connectivity index (χ4v) is 5.39. The summed E-state index contributed by atoms with van der Waals surface area (Å²) in [6.07, 6.45) is 2.92. The van der Waals surface area contributed by atoms with E-state index in [-0.39, 0.29) is 36.8 Å². The van der Waals surface area contributed by atoms with Gasteiger partial charge in [-0.2, -0.15) is 0 Å². The van der Waals surface area contributed by atoms with Gasteiger partial charge in [0.1, 0.15) is 24.8 Å². The first kappa shape index (κ1) is 29.0. The average Bonchev–Trinajstić information content (AvgIpc) is 2.96. The molecule has 4 rings (SSSR count). The van der Waals surface area contributed by atoms with Gasteiger partial charge in [0.05, 0.1) is 6.04 Å². The Morgan fingerprint density at radius 3 is 2.36 bits per heavy atom. The van der Waals surface area contributed by atoms with Crippen molar-refractivity contribution < 1.29 is 23.5 Å². The van der Waals surface area contributed by atoms with Crippen LogP contribution in [0, 0.1) is 11.7 Å². The van der Waals surface area contributed by atoms with Gasteiger partial charge in [-0.25, -0.2) is 4.39 Å². The van der Waals surface area contributed by atoms with Gasteiger partial charge >= 0.3 is 5.97 Å². The molecular formula is C30H41FN4O4. The Morgan fingerprint density at radius 1 is 0.949 bits per heavy atom. The van der Waals surface area contributed by atoms with Crippen molar-refractivity contribution in [2.45, 2.75) is 38.8 Å². The number of benzene rings is 2. The third-order valence-electron chi connectivity index (χ3n) is 7.77. The van der Waals surface area contributed by atoms with Gasteiger partial charge in [0, 0.05) is 51.8 Å². The molecule has 2 N–H and O–H groups in total. The first-order valence-corrected chi connectivity index (χ1v) is 14.0. The number of carbonyl (C=O) groups excluding carboxylic acids is 2. The highest BCUT2D eigenvalue weighted by Gasteiger charge is 2.33. The normalized spacial score (nSPS) is 18.1. The second kappa shape index (κ2) is 14.4. The van der Waals surface area contributed by atoms with Crippen molar-refractivity contribution >= 4 is 11.9 Å². The van der Waals surface area contributed by atoms with Crippen LogP contribution in [0.2, 0.25) is 0 Å². The molecule has 0 bridgehead atoms. The first-order valence-electron chi connectivity index (χ1n) is 14.0. The number of rotatable bonds is 11. The monoisotopic (exact) mass is 540 g/mol. The van der Waals surface area contributed by atoms with E-state index >= 15 is 0 Å². The van der Waals surface area contributed by atoms with Crippen LogP contribution in [-0.4, -0.2) is 91.6 Å². The van der Waals surface area contributed by atoms with E-state index in [2.05, 4.69) is 34.1 Å². The Balaban J connectivity index is 1.20. The van der Waals surface area contributed by atoms with E-state index < -0.39 is 6.04 Å². The second-order valence-electron chi connectivity index (χ2n) is 10.4. The summed E-state index contributed by atoms with van der Waals surface area (Å²) >= 11 is 0. The number of halogens is 1. The predicted octanol–water partition coefficient (Wildman–Crippen LogP) is 2.69. The van der Waals surface area contributed by atoms with Gasteiger partial charge < -0.3 is 25.0 Å². The molecule has 8 nitrogen and oxygen atoms in total. The number of carbonyl (C=O) groups is 2. The van der Waals surface area contributed by atoms with Crippen molar-refractivity contribution in [2.24, 2.45) is 11.7 Å². The van der Waals surface area contributed by atoms with Crippen molar-refractivity contribution in [3.8, 4) is 5.75 Å². The first-order chi connectivity index (χ1) is 18.9. The molecule has 1 unspecified atom stereocenters. The quantitative estimate of drug-likeness (QED) is 0.346. The summed E-state index contributed by atoms with van der Waals surface area (Å²) in [5, 5.41) is 0. The number of piperidine rings is 1. The van der Waals surface area contributed by atoms with Crippen LogP contribution in [0.25, 0.3) is 0 Å². The van der Waals surface area contributed by atoms with Crippen molar-refractivity contribution in [3.05, 3.63) is 65.5 Å². The topological polar surface area (TPSA) is 88.3 Å². The minimum Gasteiger partial charge on any atom is -0.490 e. The average molecular weight is 541 g/mol. The minimum absolute atomic E-state index is 0.0257. The smallest absolute Gasteiger partial charge is 0.302 e. The standard InChI is InChI=1S/C30H41FN4O4/c1-23(36)38-20-21-39-28-9-5-8-27(31)26(28)22-34-16-18-35(19-17-34)30(37)29(32)25-11-14-33(15-12-25)13-10-24-6-3-2-4-7-24/h2-9,25,29H,10-22,32H2,1H3. The van der Waals surface area contributed by atoms with Crippen LogP contribution in [0.1, 0.15) is 30.9 Å². The largest absolute Gasteiger partial charge is 0.490 e.